The molecular weight excluding hydrogens is 370 g/mol. The van der Waals surface area contributed by atoms with Crippen molar-refractivity contribution in [2.24, 2.45) is 0 Å². The van der Waals surface area contributed by atoms with Crippen molar-refractivity contribution in [1.82, 2.24) is 25.5 Å². The van der Waals surface area contributed by atoms with Crippen LogP contribution in [0.15, 0.2) is 59.3 Å². The van der Waals surface area contributed by atoms with Crippen molar-refractivity contribution in [3.05, 3.63) is 70.5 Å². The van der Waals surface area contributed by atoms with E-state index in [1.54, 1.807) is 12.1 Å². The fourth-order valence-electron chi connectivity index (χ4n) is 2.38. The lowest BCUT2D eigenvalue weighted by atomic mass is 10.1. The predicted molar refractivity (Wildman–Crippen MR) is 93.9 cm³/mol. The number of tetrazole rings is 1. The van der Waals surface area contributed by atoms with E-state index in [0.717, 1.165) is 16.6 Å². The van der Waals surface area contributed by atoms with E-state index in [-0.39, 0.29) is 11.9 Å². The summed E-state index contributed by atoms with van der Waals surface area (Å²) in [4.78, 5) is 12.3. The molecule has 24 heavy (non-hydrogen) atoms. The van der Waals surface area contributed by atoms with E-state index in [2.05, 4.69) is 36.8 Å². The van der Waals surface area contributed by atoms with Gasteiger partial charge in [-0.05, 0) is 65.7 Å². The number of nitrogens with one attached hydrogen (secondary N) is 1. The number of amides is 1. The fraction of sp³-hybridized carbons (Fsp3) is 0.176. The minimum atomic E-state index is -0.0946. The van der Waals surface area contributed by atoms with Crippen molar-refractivity contribution >= 4 is 21.8 Å². The third-order valence-electron chi connectivity index (χ3n) is 3.58. The first kappa shape index (κ1) is 16.3. The summed E-state index contributed by atoms with van der Waals surface area (Å²) in [7, 11) is 0. The Kier molecular flexibility index (Phi) is 5.00. The quantitative estimate of drug-likeness (QED) is 0.732. The molecule has 0 saturated carbocycles. The van der Waals surface area contributed by atoms with E-state index >= 15 is 0 Å². The molecule has 0 radical (unpaired) electrons. The van der Waals surface area contributed by atoms with Gasteiger partial charge in [0.1, 0.15) is 6.33 Å². The van der Waals surface area contributed by atoms with Gasteiger partial charge in [0.15, 0.2) is 0 Å². The van der Waals surface area contributed by atoms with Crippen LogP contribution in [0.3, 0.4) is 0 Å². The second-order valence-electron chi connectivity index (χ2n) is 5.51. The van der Waals surface area contributed by atoms with Crippen molar-refractivity contribution in [3.63, 3.8) is 0 Å². The number of nitrogens with zero attached hydrogens (tertiary/aromatic N) is 4. The van der Waals surface area contributed by atoms with Gasteiger partial charge in [-0.2, -0.15) is 0 Å². The zero-order valence-corrected chi connectivity index (χ0v) is 14.6. The third kappa shape index (κ3) is 4.05. The fourth-order valence-corrected chi connectivity index (χ4v) is 2.64. The largest absolute Gasteiger partial charge is 0.349 e. The highest BCUT2D eigenvalue weighted by Crippen LogP contribution is 2.12. The molecule has 1 aromatic heterocycles. The van der Waals surface area contributed by atoms with Crippen molar-refractivity contribution in [2.75, 3.05) is 0 Å². The maximum Gasteiger partial charge on any atom is 0.251 e. The van der Waals surface area contributed by atoms with Crippen LogP contribution in [0.25, 0.3) is 5.69 Å². The molecule has 0 aliphatic heterocycles. The molecule has 0 bridgehead atoms. The summed E-state index contributed by atoms with van der Waals surface area (Å²) < 4.78 is 2.59. The van der Waals surface area contributed by atoms with E-state index in [1.165, 1.54) is 16.6 Å². The Hall–Kier alpha value is -2.54. The minimum Gasteiger partial charge on any atom is -0.349 e. The minimum absolute atomic E-state index is 0.0397. The SMILES string of the molecule is CC(Cc1ccc(Br)cc1)NC(=O)c1ccc(-n2cnnn2)cc1. The van der Waals surface area contributed by atoms with Gasteiger partial charge in [0.2, 0.25) is 0 Å². The number of aromatic nitrogens is 4. The van der Waals surface area contributed by atoms with Crippen LogP contribution in [0.4, 0.5) is 0 Å². The first-order chi connectivity index (χ1) is 11.6. The molecule has 0 aliphatic rings. The average Bonchev–Trinajstić information content (AvgIpc) is 3.11. The van der Waals surface area contributed by atoms with Gasteiger partial charge in [-0.3, -0.25) is 4.79 Å². The van der Waals surface area contributed by atoms with Crippen LogP contribution in [0.2, 0.25) is 0 Å². The highest BCUT2D eigenvalue weighted by Gasteiger charge is 2.11. The van der Waals surface area contributed by atoms with Crippen LogP contribution in [0, 0.1) is 0 Å². The normalized spacial score (nSPS) is 11.9. The second kappa shape index (κ2) is 7.35. The van der Waals surface area contributed by atoms with Crippen molar-refractivity contribution in [1.29, 1.82) is 0 Å². The number of benzene rings is 2. The number of carbonyl (C=O) groups excluding carboxylic acids is 1. The summed E-state index contributed by atoms with van der Waals surface area (Å²) in [6.07, 6.45) is 2.29. The molecule has 6 nitrogen and oxygen atoms in total. The highest BCUT2D eigenvalue weighted by atomic mass is 79.9. The Bertz CT molecular complexity index is 800. The highest BCUT2D eigenvalue weighted by molar-refractivity contribution is 9.10. The number of hydrogen-bond donors (Lipinski definition) is 1. The molecule has 1 amide bonds. The molecule has 0 aliphatic carbocycles. The maximum absolute atomic E-state index is 12.3. The molecule has 0 fully saturated rings. The maximum atomic E-state index is 12.3. The van der Waals surface area contributed by atoms with Gasteiger partial charge >= 0.3 is 0 Å². The molecule has 3 aromatic rings. The van der Waals surface area contributed by atoms with Crippen molar-refractivity contribution < 1.29 is 4.79 Å². The van der Waals surface area contributed by atoms with Crippen LogP contribution < -0.4 is 5.32 Å². The summed E-state index contributed by atoms with van der Waals surface area (Å²) in [6.45, 7) is 2.00. The number of hydrogen-bond acceptors (Lipinski definition) is 4. The van der Waals surface area contributed by atoms with Gasteiger partial charge in [0, 0.05) is 16.1 Å². The van der Waals surface area contributed by atoms with Crippen molar-refractivity contribution in [3.8, 4) is 5.69 Å². The summed E-state index contributed by atoms with van der Waals surface area (Å²) in [5.41, 5.74) is 2.59. The zero-order chi connectivity index (χ0) is 16.9. The summed E-state index contributed by atoms with van der Waals surface area (Å²) in [6, 6.07) is 15.3. The van der Waals surface area contributed by atoms with Crippen LogP contribution >= 0.6 is 15.9 Å². The Morgan fingerprint density at radius 1 is 1.17 bits per heavy atom. The Morgan fingerprint density at radius 3 is 2.50 bits per heavy atom. The van der Waals surface area contributed by atoms with Gasteiger partial charge in [-0.1, -0.05) is 28.1 Å². The van der Waals surface area contributed by atoms with Gasteiger partial charge in [-0.25, -0.2) is 4.68 Å². The molecule has 1 heterocycles. The van der Waals surface area contributed by atoms with Crippen LogP contribution in [0.5, 0.6) is 0 Å². The number of rotatable bonds is 5. The topological polar surface area (TPSA) is 72.7 Å². The van der Waals surface area contributed by atoms with E-state index in [0.29, 0.717) is 5.56 Å². The molecule has 122 valence electrons. The summed E-state index contributed by atoms with van der Waals surface area (Å²) >= 11 is 3.42. The molecule has 7 heteroatoms. The second-order valence-corrected chi connectivity index (χ2v) is 6.42. The Morgan fingerprint density at radius 2 is 1.88 bits per heavy atom. The lowest BCUT2D eigenvalue weighted by Gasteiger charge is -2.14. The monoisotopic (exact) mass is 385 g/mol. The van der Waals surface area contributed by atoms with E-state index < -0.39 is 0 Å². The average molecular weight is 386 g/mol. The first-order valence-electron chi connectivity index (χ1n) is 7.50. The molecule has 0 saturated heterocycles. The Labute approximate surface area is 148 Å². The first-order valence-corrected chi connectivity index (χ1v) is 8.30. The third-order valence-corrected chi connectivity index (χ3v) is 4.10. The van der Waals surface area contributed by atoms with Gasteiger partial charge in [0.25, 0.3) is 5.91 Å². The molecular formula is C17H16BrN5O. The number of carbonyl (C=O) groups is 1. The predicted octanol–water partition coefficient (Wildman–Crippen LogP) is 2.79. The molecule has 1 unspecified atom stereocenters. The van der Waals surface area contributed by atoms with Gasteiger partial charge in [-0.15, -0.1) is 5.10 Å². The standard InChI is InChI=1S/C17H16BrN5O/c1-12(10-13-2-6-15(18)7-3-13)20-17(24)14-4-8-16(9-5-14)23-11-19-21-22-23/h2-9,11-12H,10H2,1H3,(H,20,24). The molecule has 3 rings (SSSR count). The van der Waals surface area contributed by atoms with Crippen LogP contribution in [-0.4, -0.2) is 32.2 Å². The van der Waals surface area contributed by atoms with Gasteiger partial charge < -0.3 is 5.32 Å². The summed E-state index contributed by atoms with van der Waals surface area (Å²) in [5.74, 6) is -0.0946. The molecule has 2 aromatic carbocycles. The lowest BCUT2D eigenvalue weighted by Crippen LogP contribution is -2.34. The molecule has 1 atom stereocenters. The van der Waals surface area contributed by atoms with Crippen LogP contribution in [0.1, 0.15) is 22.8 Å². The number of halogens is 1. The smallest absolute Gasteiger partial charge is 0.251 e. The van der Waals surface area contributed by atoms with E-state index in [1.807, 2.05) is 43.3 Å². The lowest BCUT2D eigenvalue weighted by molar-refractivity contribution is 0.0940. The van der Waals surface area contributed by atoms with E-state index in [4.69, 9.17) is 0 Å². The molecule has 1 N–H and O–H groups in total. The van der Waals surface area contributed by atoms with Gasteiger partial charge in [0.05, 0.1) is 5.69 Å². The van der Waals surface area contributed by atoms with Crippen LogP contribution in [-0.2, 0) is 6.42 Å². The van der Waals surface area contributed by atoms with E-state index in [9.17, 15) is 4.79 Å². The Balaban J connectivity index is 1.60. The summed E-state index contributed by atoms with van der Waals surface area (Å²) in [5, 5.41) is 14.0. The zero-order valence-electron chi connectivity index (χ0n) is 13.1. The molecule has 0 spiro atoms. The van der Waals surface area contributed by atoms with Crippen molar-refractivity contribution in [2.45, 2.75) is 19.4 Å².